The van der Waals surface area contributed by atoms with E-state index in [9.17, 15) is 9.59 Å². The molecule has 0 aliphatic carbocycles. The molecule has 0 saturated carbocycles. The number of rotatable bonds is 0. The molecule has 3 amide bonds. The molecular formula is C6H9N3O2. The standard InChI is InChI=1S/C6H9N3O2/c1-9-4(10)6(2-7-3-6)8-5(9)11/h7H,2-3H2,1H3,(H,8,11). The van der Waals surface area contributed by atoms with Gasteiger partial charge in [-0.3, -0.25) is 9.69 Å². The minimum atomic E-state index is -0.605. The molecule has 2 aliphatic heterocycles. The van der Waals surface area contributed by atoms with Gasteiger partial charge in [0.05, 0.1) is 0 Å². The number of likely N-dealkylation sites (N-methyl/N-ethyl adjacent to an activating group) is 1. The van der Waals surface area contributed by atoms with Crippen LogP contribution in [0.15, 0.2) is 0 Å². The van der Waals surface area contributed by atoms with Crippen LogP contribution in [0.25, 0.3) is 0 Å². The van der Waals surface area contributed by atoms with Crippen molar-refractivity contribution in [1.29, 1.82) is 0 Å². The lowest BCUT2D eigenvalue weighted by Crippen LogP contribution is -2.69. The summed E-state index contributed by atoms with van der Waals surface area (Å²) < 4.78 is 0. The van der Waals surface area contributed by atoms with Crippen molar-refractivity contribution < 1.29 is 9.59 Å². The zero-order valence-corrected chi connectivity index (χ0v) is 6.18. The van der Waals surface area contributed by atoms with E-state index in [1.165, 1.54) is 7.05 Å². The third-order valence-corrected chi connectivity index (χ3v) is 2.22. The van der Waals surface area contributed by atoms with E-state index in [0.717, 1.165) is 4.90 Å². The molecule has 0 atom stereocenters. The van der Waals surface area contributed by atoms with Crippen LogP contribution in [0, 0.1) is 0 Å². The predicted molar refractivity (Wildman–Crippen MR) is 36.9 cm³/mol. The van der Waals surface area contributed by atoms with Crippen LogP contribution < -0.4 is 10.6 Å². The summed E-state index contributed by atoms with van der Waals surface area (Å²) in [7, 11) is 1.49. The van der Waals surface area contributed by atoms with Crippen LogP contribution in [0.1, 0.15) is 0 Å². The van der Waals surface area contributed by atoms with E-state index in [4.69, 9.17) is 0 Å². The molecule has 5 nitrogen and oxygen atoms in total. The Kier molecular flexibility index (Phi) is 1.04. The van der Waals surface area contributed by atoms with Crippen LogP contribution in [0.2, 0.25) is 0 Å². The van der Waals surface area contributed by atoms with Gasteiger partial charge in [0.15, 0.2) is 0 Å². The quantitative estimate of drug-likeness (QED) is 0.419. The van der Waals surface area contributed by atoms with Crippen molar-refractivity contribution in [3.8, 4) is 0 Å². The first-order chi connectivity index (χ1) is 5.16. The van der Waals surface area contributed by atoms with Crippen LogP contribution in [0.3, 0.4) is 0 Å². The molecule has 60 valence electrons. The highest BCUT2D eigenvalue weighted by Gasteiger charge is 2.53. The predicted octanol–water partition coefficient (Wildman–Crippen LogP) is -1.49. The maximum atomic E-state index is 11.3. The molecular weight excluding hydrogens is 146 g/mol. The van der Waals surface area contributed by atoms with E-state index in [2.05, 4.69) is 10.6 Å². The average Bonchev–Trinajstić information content (AvgIpc) is 2.12. The molecule has 2 rings (SSSR count). The number of hydrogen-bond acceptors (Lipinski definition) is 3. The Balaban J connectivity index is 2.27. The highest BCUT2D eigenvalue weighted by molar-refractivity contribution is 6.07. The number of carbonyl (C=O) groups excluding carboxylic acids is 2. The lowest BCUT2D eigenvalue weighted by molar-refractivity contribution is -0.132. The van der Waals surface area contributed by atoms with E-state index < -0.39 is 5.54 Å². The lowest BCUT2D eigenvalue weighted by atomic mass is 9.93. The SMILES string of the molecule is CN1C(=O)NC2(CNC2)C1=O. The Bertz CT molecular complexity index is 234. The van der Waals surface area contributed by atoms with Gasteiger partial charge in [0.1, 0.15) is 5.54 Å². The maximum absolute atomic E-state index is 11.3. The number of nitrogens with one attached hydrogen (secondary N) is 2. The number of amides is 3. The first-order valence-corrected chi connectivity index (χ1v) is 3.47. The Labute approximate surface area is 63.7 Å². The van der Waals surface area contributed by atoms with Crippen molar-refractivity contribution in [3.63, 3.8) is 0 Å². The summed E-state index contributed by atoms with van der Waals surface area (Å²) in [6.45, 7) is 1.11. The summed E-state index contributed by atoms with van der Waals surface area (Å²) in [5.74, 6) is -0.124. The normalized spacial score (nSPS) is 27.2. The van der Waals surface area contributed by atoms with E-state index in [1.807, 2.05) is 0 Å². The van der Waals surface area contributed by atoms with Crippen LogP contribution >= 0.6 is 0 Å². The fraction of sp³-hybridized carbons (Fsp3) is 0.667. The minimum absolute atomic E-state index is 0.124. The second-order valence-corrected chi connectivity index (χ2v) is 2.98. The molecule has 0 bridgehead atoms. The summed E-state index contributed by atoms with van der Waals surface area (Å²) in [6.07, 6.45) is 0. The third-order valence-electron chi connectivity index (χ3n) is 2.22. The summed E-state index contributed by atoms with van der Waals surface area (Å²) in [5.41, 5.74) is -0.605. The van der Waals surface area contributed by atoms with Crippen LogP contribution in [0.5, 0.6) is 0 Å². The lowest BCUT2D eigenvalue weighted by Gasteiger charge is -2.35. The van der Waals surface area contributed by atoms with Crippen molar-refractivity contribution in [2.24, 2.45) is 0 Å². The molecule has 2 N–H and O–H groups in total. The number of hydrogen-bond donors (Lipinski definition) is 2. The molecule has 0 aromatic rings. The number of carbonyl (C=O) groups is 2. The van der Waals surface area contributed by atoms with Gasteiger partial charge < -0.3 is 10.6 Å². The molecule has 0 aromatic carbocycles. The van der Waals surface area contributed by atoms with E-state index in [1.54, 1.807) is 0 Å². The second kappa shape index (κ2) is 1.73. The fourth-order valence-electron chi connectivity index (χ4n) is 1.37. The van der Waals surface area contributed by atoms with Crippen molar-refractivity contribution in [2.45, 2.75) is 5.54 Å². The van der Waals surface area contributed by atoms with Crippen molar-refractivity contribution in [3.05, 3.63) is 0 Å². The van der Waals surface area contributed by atoms with Crippen LogP contribution in [-0.4, -0.2) is 42.5 Å². The molecule has 0 aromatic heterocycles. The minimum Gasteiger partial charge on any atom is -0.321 e. The Morgan fingerprint density at radius 1 is 1.45 bits per heavy atom. The largest absolute Gasteiger partial charge is 0.324 e. The highest BCUT2D eigenvalue weighted by atomic mass is 16.2. The van der Waals surface area contributed by atoms with Gasteiger partial charge in [-0.15, -0.1) is 0 Å². The van der Waals surface area contributed by atoms with E-state index in [0.29, 0.717) is 13.1 Å². The van der Waals surface area contributed by atoms with E-state index in [-0.39, 0.29) is 11.9 Å². The highest BCUT2D eigenvalue weighted by Crippen LogP contribution is 2.19. The Hall–Kier alpha value is -1.10. The van der Waals surface area contributed by atoms with Gasteiger partial charge in [-0.2, -0.15) is 0 Å². The monoisotopic (exact) mass is 155 g/mol. The summed E-state index contributed by atoms with van der Waals surface area (Å²) in [6, 6.07) is -0.295. The third kappa shape index (κ3) is 0.632. The van der Waals surface area contributed by atoms with Gasteiger partial charge in [0, 0.05) is 20.1 Å². The first-order valence-electron chi connectivity index (χ1n) is 3.47. The number of urea groups is 1. The van der Waals surface area contributed by atoms with Crippen LogP contribution in [-0.2, 0) is 4.79 Å². The summed E-state index contributed by atoms with van der Waals surface area (Å²) in [5, 5.41) is 5.59. The molecule has 0 radical (unpaired) electrons. The smallest absolute Gasteiger partial charge is 0.321 e. The fourth-order valence-corrected chi connectivity index (χ4v) is 1.37. The molecule has 2 fully saturated rings. The Morgan fingerprint density at radius 2 is 2.09 bits per heavy atom. The van der Waals surface area contributed by atoms with E-state index >= 15 is 0 Å². The van der Waals surface area contributed by atoms with Crippen molar-refractivity contribution >= 4 is 11.9 Å². The van der Waals surface area contributed by atoms with Crippen molar-refractivity contribution in [1.82, 2.24) is 15.5 Å². The topological polar surface area (TPSA) is 61.4 Å². The first kappa shape index (κ1) is 6.60. The molecule has 1 spiro atoms. The summed E-state index contributed by atoms with van der Waals surface area (Å²) >= 11 is 0. The number of imide groups is 1. The second-order valence-electron chi connectivity index (χ2n) is 2.98. The number of nitrogens with zero attached hydrogens (tertiary/aromatic N) is 1. The zero-order chi connectivity index (χ0) is 8.06. The van der Waals surface area contributed by atoms with Gasteiger partial charge in [-0.05, 0) is 0 Å². The van der Waals surface area contributed by atoms with Gasteiger partial charge >= 0.3 is 6.03 Å². The summed E-state index contributed by atoms with van der Waals surface area (Å²) in [4.78, 5) is 23.4. The van der Waals surface area contributed by atoms with Gasteiger partial charge in [0.2, 0.25) is 0 Å². The maximum Gasteiger partial charge on any atom is 0.324 e. The molecule has 11 heavy (non-hydrogen) atoms. The molecule has 2 heterocycles. The molecule has 0 unspecified atom stereocenters. The molecule has 2 aliphatic rings. The van der Waals surface area contributed by atoms with Gasteiger partial charge in [0.25, 0.3) is 5.91 Å². The molecule has 5 heteroatoms. The van der Waals surface area contributed by atoms with Gasteiger partial charge in [-0.1, -0.05) is 0 Å². The van der Waals surface area contributed by atoms with Crippen LogP contribution in [0.4, 0.5) is 4.79 Å². The van der Waals surface area contributed by atoms with Crippen molar-refractivity contribution in [2.75, 3.05) is 20.1 Å². The Morgan fingerprint density at radius 3 is 2.27 bits per heavy atom. The zero-order valence-electron chi connectivity index (χ0n) is 6.18. The molecule has 2 saturated heterocycles. The van der Waals surface area contributed by atoms with Gasteiger partial charge in [-0.25, -0.2) is 4.79 Å². The average molecular weight is 155 g/mol.